The van der Waals surface area contributed by atoms with Crippen LogP contribution in [0.4, 0.5) is 4.79 Å². The minimum absolute atomic E-state index is 0.0282. The fraction of sp³-hybridized carbons (Fsp3) is 0.483. The molecule has 2 atom stereocenters. The lowest BCUT2D eigenvalue weighted by Crippen LogP contribution is -2.56. The van der Waals surface area contributed by atoms with Gasteiger partial charge >= 0.3 is 6.09 Å². The monoisotopic (exact) mass is 491 g/mol. The number of piperidine rings is 1. The number of benzene rings is 2. The molecule has 0 aliphatic carbocycles. The van der Waals surface area contributed by atoms with Crippen molar-refractivity contribution in [1.29, 1.82) is 0 Å². The van der Waals surface area contributed by atoms with Crippen molar-refractivity contribution in [2.24, 2.45) is 5.92 Å². The third kappa shape index (κ3) is 6.07. The quantitative estimate of drug-likeness (QED) is 0.685. The standard InChI is InChI=1S/C29H37N3O4/c1-20(21-10-6-5-7-11-21)30-26(33)22-14-16-31(17-15-22)27(34)25-18-23-12-8-9-13-24(23)19-32(25)28(35)36-29(2,3)4/h5-13,20,22,25H,14-19H2,1-4H3,(H,30,33)/t20?,25-/m0/s1. The molecule has 1 saturated heterocycles. The maximum Gasteiger partial charge on any atom is 0.411 e. The Hall–Kier alpha value is -3.35. The fourth-order valence-electron chi connectivity index (χ4n) is 4.99. The van der Waals surface area contributed by atoms with Crippen LogP contribution in [0.15, 0.2) is 54.6 Å². The van der Waals surface area contributed by atoms with Gasteiger partial charge in [0.2, 0.25) is 11.8 Å². The van der Waals surface area contributed by atoms with Gasteiger partial charge in [0.05, 0.1) is 12.6 Å². The van der Waals surface area contributed by atoms with Crippen LogP contribution < -0.4 is 5.32 Å². The van der Waals surface area contributed by atoms with Crippen LogP contribution in [0.2, 0.25) is 0 Å². The lowest BCUT2D eigenvalue weighted by Gasteiger charge is -2.40. The van der Waals surface area contributed by atoms with Crippen LogP contribution >= 0.6 is 0 Å². The van der Waals surface area contributed by atoms with Crippen LogP contribution in [-0.2, 0) is 27.3 Å². The first-order chi connectivity index (χ1) is 17.1. The molecule has 2 aliphatic rings. The molecule has 7 heteroatoms. The molecular weight excluding hydrogens is 454 g/mol. The Labute approximate surface area is 213 Å². The number of carbonyl (C=O) groups is 3. The summed E-state index contributed by atoms with van der Waals surface area (Å²) in [5, 5.41) is 3.12. The van der Waals surface area contributed by atoms with E-state index in [1.807, 2.05) is 82.3 Å². The Kier molecular flexibility index (Phi) is 7.67. The Morgan fingerprint density at radius 3 is 2.19 bits per heavy atom. The van der Waals surface area contributed by atoms with Gasteiger partial charge in [-0.15, -0.1) is 0 Å². The average molecular weight is 492 g/mol. The maximum atomic E-state index is 13.7. The number of carbonyl (C=O) groups excluding carboxylic acids is 3. The van der Waals surface area contributed by atoms with E-state index >= 15 is 0 Å². The number of nitrogens with one attached hydrogen (secondary N) is 1. The van der Waals surface area contributed by atoms with Gasteiger partial charge < -0.3 is 15.0 Å². The van der Waals surface area contributed by atoms with Gasteiger partial charge in [-0.25, -0.2) is 4.79 Å². The maximum absolute atomic E-state index is 13.7. The number of hydrogen-bond donors (Lipinski definition) is 1. The molecule has 1 unspecified atom stereocenters. The largest absolute Gasteiger partial charge is 0.444 e. The molecule has 7 nitrogen and oxygen atoms in total. The van der Waals surface area contributed by atoms with Crippen molar-refractivity contribution in [2.75, 3.05) is 13.1 Å². The van der Waals surface area contributed by atoms with Gasteiger partial charge in [0, 0.05) is 25.4 Å². The van der Waals surface area contributed by atoms with E-state index in [2.05, 4.69) is 5.32 Å². The summed E-state index contributed by atoms with van der Waals surface area (Å²) in [7, 11) is 0. The molecule has 36 heavy (non-hydrogen) atoms. The number of amides is 3. The Bertz CT molecular complexity index is 1090. The summed E-state index contributed by atoms with van der Waals surface area (Å²) in [4.78, 5) is 43.0. The van der Waals surface area contributed by atoms with Crippen LogP contribution in [-0.4, -0.2) is 52.4 Å². The van der Waals surface area contributed by atoms with Gasteiger partial charge in [-0.3, -0.25) is 14.5 Å². The van der Waals surface area contributed by atoms with Gasteiger partial charge in [-0.2, -0.15) is 0 Å². The Morgan fingerprint density at radius 1 is 0.944 bits per heavy atom. The smallest absolute Gasteiger partial charge is 0.411 e. The number of rotatable bonds is 4. The lowest BCUT2D eigenvalue weighted by molar-refractivity contribution is -0.140. The highest BCUT2D eigenvalue weighted by Gasteiger charge is 2.40. The molecule has 192 valence electrons. The lowest BCUT2D eigenvalue weighted by atomic mass is 9.91. The number of nitrogens with zero attached hydrogens (tertiary/aromatic N) is 2. The highest BCUT2D eigenvalue weighted by atomic mass is 16.6. The number of ether oxygens (including phenoxy) is 1. The highest BCUT2D eigenvalue weighted by Crippen LogP contribution is 2.28. The van der Waals surface area contributed by atoms with Gasteiger partial charge in [-0.05, 0) is 57.2 Å². The second kappa shape index (κ2) is 10.7. The van der Waals surface area contributed by atoms with Crippen molar-refractivity contribution < 1.29 is 19.1 Å². The summed E-state index contributed by atoms with van der Waals surface area (Å²) in [6, 6.07) is 17.1. The van der Waals surface area contributed by atoms with Crippen LogP contribution in [0.1, 0.15) is 63.3 Å². The molecule has 0 bridgehead atoms. The van der Waals surface area contributed by atoms with Crippen molar-refractivity contribution >= 4 is 17.9 Å². The van der Waals surface area contributed by atoms with Crippen molar-refractivity contribution in [1.82, 2.24) is 15.1 Å². The Balaban J connectivity index is 1.40. The van der Waals surface area contributed by atoms with Crippen molar-refractivity contribution in [3.63, 3.8) is 0 Å². The second-order valence-corrected chi connectivity index (χ2v) is 10.8. The molecule has 2 aromatic rings. The summed E-state index contributed by atoms with van der Waals surface area (Å²) in [6.45, 7) is 8.81. The van der Waals surface area contributed by atoms with E-state index in [1.54, 1.807) is 9.80 Å². The average Bonchev–Trinajstić information content (AvgIpc) is 2.87. The minimum atomic E-state index is -0.649. The number of hydrogen-bond acceptors (Lipinski definition) is 4. The molecule has 4 rings (SSSR count). The van der Waals surface area contributed by atoms with Gasteiger partial charge in [0.1, 0.15) is 11.6 Å². The molecule has 1 fully saturated rings. The van der Waals surface area contributed by atoms with Gasteiger partial charge in [0.15, 0.2) is 0 Å². The molecule has 0 saturated carbocycles. The predicted molar refractivity (Wildman–Crippen MR) is 138 cm³/mol. The molecule has 0 spiro atoms. The van der Waals surface area contributed by atoms with Crippen LogP contribution in [0.5, 0.6) is 0 Å². The van der Waals surface area contributed by atoms with Crippen LogP contribution in [0.3, 0.4) is 0 Å². The molecule has 1 N–H and O–H groups in total. The predicted octanol–water partition coefficient (Wildman–Crippen LogP) is 4.46. The summed E-state index contributed by atoms with van der Waals surface area (Å²) < 4.78 is 5.65. The van der Waals surface area contributed by atoms with Crippen molar-refractivity contribution in [3.05, 3.63) is 71.3 Å². The molecular formula is C29H37N3O4. The Morgan fingerprint density at radius 2 is 1.56 bits per heavy atom. The van der Waals surface area contributed by atoms with Gasteiger partial charge in [-0.1, -0.05) is 54.6 Å². The summed E-state index contributed by atoms with van der Waals surface area (Å²) in [6.07, 6.45) is 1.20. The summed E-state index contributed by atoms with van der Waals surface area (Å²) >= 11 is 0. The summed E-state index contributed by atoms with van der Waals surface area (Å²) in [5.74, 6) is -0.179. The van der Waals surface area contributed by atoms with Gasteiger partial charge in [0.25, 0.3) is 0 Å². The third-order valence-corrected chi connectivity index (χ3v) is 7.00. The minimum Gasteiger partial charge on any atom is -0.444 e. The first-order valence-electron chi connectivity index (χ1n) is 12.8. The van der Waals surface area contributed by atoms with E-state index in [0.29, 0.717) is 38.9 Å². The SMILES string of the molecule is CC(NC(=O)C1CCN(C(=O)[C@@H]2Cc3ccccc3CN2C(=O)OC(C)(C)C)CC1)c1ccccc1. The first kappa shape index (κ1) is 25.7. The van der Waals surface area contributed by atoms with E-state index in [4.69, 9.17) is 4.74 Å². The van der Waals surface area contributed by atoms with E-state index in [9.17, 15) is 14.4 Å². The highest BCUT2D eigenvalue weighted by molar-refractivity contribution is 5.87. The second-order valence-electron chi connectivity index (χ2n) is 10.8. The zero-order valence-corrected chi connectivity index (χ0v) is 21.7. The molecule has 2 heterocycles. The molecule has 0 aromatic heterocycles. The van der Waals surface area contributed by atoms with E-state index in [1.165, 1.54) is 0 Å². The topological polar surface area (TPSA) is 79.0 Å². The van der Waals surface area contributed by atoms with Crippen molar-refractivity contribution in [2.45, 2.75) is 71.2 Å². The van der Waals surface area contributed by atoms with Crippen molar-refractivity contribution in [3.8, 4) is 0 Å². The zero-order valence-electron chi connectivity index (χ0n) is 21.7. The van der Waals surface area contributed by atoms with E-state index in [0.717, 1.165) is 16.7 Å². The molecule has 3 amide bonds. The summed E-state index contributed by atoms with van der Waals surface area (Å²) in [5.41, 5.74) is 2.54. The third-order valence-electron chi connectivity index (χ3n) is 7.00. The first-order valence-corrected chi connectivity index (χ1v) is 12.8. The fourth-order valence-corrected chi connectivity index (χ4v) is 4.99. The number of likely N-dealkylation sites (tertiary alicyclic amines) is 1. The molecule has 0 radical (unpaired) electrons. The normalized spacial score (nSPS) is 19.3. The zero-order chi connectivity index (χ0) is 25.9. The van der Waals surface area contributed by atoms with E-state index < -0.39 is 17.7 Å². The van der Waals surface area contributed by atoms with E-state index in [-0.39, 0.29) is 23.8 Å². The number of fused-ring (bicyclic) bond motifs is 1. The molecule has 2 aromatic carbocycles. The van der Waals surface area contributed by atoms with Crippen LogP contribution in [0, 0.1) is 5.92 Å². The molecule has 2 aliphatic heterocycles. The van der Waals surface area contributed by atoms with Crippen LogP contribution in [0.25, 0.3) is 0 Å².